The first kappa shape index (κ1) is 19.9. The van der Waals surface area contributed by atoms with E-state index in [2.05, 4.69) is 38.4 Å². The second-order valence-electron chi connectivity index (χ2n) is 5.72. The van der Waals surface area contributed by atoms with Crippen molar-refractivity contribution in [2.24, 2.45) is 5.16 Å². The molecule has 2 N–H and O–H groups in total. The number of carbonyl (C=O) groups is 2. The van der Waals surface area contributed by atoms with Crippen LogP contribution >= 0.6 is 22.6 Å². The molecule has 0 aliphatic rings. The van der Waals surface area contributed by atoms with Crippen molar-refractivity contribution in [1.82, 2.24) is 0 Å². The third kappa shape index (κ3) is 6.14. The van der Waals surface area contributed by atoms with E-state index >= 15 is 0 Å². The van der Waals surface area contributed by atoms with Crippen LogP contribution in [0, 0.1) is 10.5 Å². The van der Waals surface area contributed by atoms with E-state index in [1.165, 1.54) is 6.92 Å². The highest BCUT2D eigenvalue weighted by Gasteiger charge is 2.06. The molecule has 0 aromatic heterocycles. The van der Waals surface area contributed by atoms with E-state index < -0.39 is 0 Å². The van der Waals surface area contributed by atoms with Crippen molar-refractivity contribution in [2.75, 3.05) is 17.2 Å². The standard InChI is InChI=1S/C19H20IN3O3/c1-12-10-16(20)6-9-18(12)22-19(25)11-26-23-13(2)15-4-7-17(8-5-15)21-14(3)24/h4-10H,11H2,1-3H3,(H,21,24)(H,22,25)/b23-13+. The lowest BCUT2D eigenvalue weighted by atomic mass is 10.1. The molecule has 7 heteroatoms. The molecule has 2 aromatic rings. The van der Waals surface area contributed by atoms with Crippen LogP contribution in [0.4, 0.5) is 11.4 Å². The first-order valence-corrected chi connectivity index (χ1v) is 9.03. The smallest absolute Gasteiger partial charge is 0.265 e. The molecule has 0 unspecified atom stereocenters. The summed E-state index contributed by atoms with van der Waals surface area (Å²) in [6.07, 6.45) is 0. The number of rotatable bonds is 6. The number of nitrogens with one attached hydrogen (secondary N) is 2. The largest absolute Gasteiger partial charge is 0.385 e. The van der Waals surface area contributed by atoms with Crippen LogP contribution in [0.15, 0.2) is 47.6 Å². The quantitative estimate of drug-likeness (QED) is 0.386. The molecule has 0 atom stereocenters. The van der Waals surface area contributed by atoms with E-state index in [9.17, 15) is 9.59 Å². The van der Waals surface area contributed by atoms with E-state index in [-0.39, 0.29) is 18.4 Å². The Bertz CT molecular complexity index is 832. The van der Waals surface area contributed by atoms with Gasteiger partial charge in [0.05, 0.1) is 5.71 Å². The summed E-state index contributed by atoms with van der Waals surface area (Å²) in [5.74, 6) is -0.396. The van der Waals surface area contributed by atoms with Crippen molar-refractivity contribution in [3.63, 3.8) is 0 Å². The zero-order valence-corrected chi connectivity index (χ0v) is 17.0. The van der Waals surface area contributed by atoms with Crippen LogP contribution in [0.1, 0.15) is 25.0 Å². The molecule has 6 nitrogen and oxygen atoms in total. The van der Waals surface area contributed by atoms with Gasteiger partial charge in [0.15, 0.2) is 6.61 Å². The lowest BCUT2D eigenvalue weighted by Gasteiger charge is -2.08. The summed E-state index contributed by atoms with van der Waals surface area (Å²) in [6.45, 7) is 5.00. The molecule has 2 rings (SSSR count). The predicted octanol–water partition coefficient (Wildman–Crippen LogP) is 3.94. The number of aryl methyl sites for hydroxylation is 1. The predicted molar refractivity (Wildman–Crippen MR) is 111 cm³/mol. The van der Waals surface area contributed by atoms with Crippen molar-refractivity contribution < 1.29 is 14.4 Å². The Labute approximate surface area is 166 Å². The van der Waals surface area contributed by atoms with Crippen molar-refractivity contribution in [2.45, 2.75) is 20.8 Å². The molecule has 26 heavy (non-hydrogen) atoms. The third-order valence-corrected chi connectivity index (χ3v) is 4.15. The number of anilines is 2. The number of hydrogen-bond acceptors (Lipinski definition) is 4. The fourth-order valence-corrected chi connectivity index (χ4v) is 2.84. The summed E-state index contributed by atoms with van der Waals surface area (Å²) < 4.78 is 1.11. The molecule has 0 spiro atoms. The lowest BCUT2D eigenvalue weighted by Crippen LogP contribution is -2.18. The second-order valence-corrected chi connectivity index (χ2v) is 6.96. The normalized spacial score (nSPS) is 11.0. The molecule has 136 valence electrons. The Morgan fingerprint density at radius 3 is 2.38 bits per heavy atom. The number of benzene rings is 2. The molecule has 0 radical (unpaired) electrons. The van der Waals surface area contributed by atoms with Crippen molar-refractivity contribution in [3.05, 3.63) is 57.2 Å². The molecule has 0 aliphatic heterocycles. The average molecular weight is 465 g/mol. The lowest BCUT2D eigenvalue weighted by molar-refractivity contribution is -0.120. The molecule has 0 saturated heterocycles. The van der Waals surface area contributed by atoms with Crippen molar-refractivity contribution in [1.29, 1.82) is 0 Å². The van der Waals surface area contributed by atoms with Crippen LogP contribution in [-0.4, -0.2) is 24.1 Å². The summed E-state index contributed by atoms with van der Waals surface area (Å²) in [6, 6.07) is 13.0. The number of halogens is 1. The maximum Gasteiger partial charge on any atom is 0.265 e. The minimum atomic E-state index is -0.271. The van der Waals surface area contributed by atoms with Gasteiger partial charge < -0.3 is 15.5 Å². The van der Waals surface area contributed by atoms with Gasteiger partial charge in [0.25, 0.3) is 5.91 Å². The third-order valence-electron chi connectivity index (χ3n) is 3.48. The average Bonchev–Trinajstić information content (AvgIpc) is 2.57. The van der Waals surface area contributed by atoms with Crippen molar-refractivity contribution in [3.8, 4) is 0 Å². The van der Waals surface area contributed by atoms with Gasteiger partial charge in [-0.25, -0.2) is 0 Å². The maximum absolute atomic E-state index is 12.0. The highest BCUT2D eigenvalue weighted by Crippen LogP contribution is 2.17. The molecular weight excluding hydrogens is 445 g/mol. The Morgan fingerprint density at radius 1 is 1.08 bits per heavy atom. The Kier molecular flexibility index (Phi) is 7.14. The van der Waals surface area contributed by atoms with Crippen LogP contribution < -0.4 is 10.6 Å². The van der Waals surface area contributed by atoms with Gasteiger partial charge in [-0.05, 0) is 77.9 Å². The van der Waals surface area contributed by atoms with Crippen LogP contribution in [0.3, 0.4) is 0 Å². The van der Waals surface area contributed by atoms with E-state index in [0.717, 1.165) is 20.4 Å². The molecule has 0 heterocycles. The second kappa shape index (κ2) is 9.33. The topological polar surface area (TPSA) is 79.8 Å². The number of carbonyl (C=O) groups excluding carboxylic acids is 2. The summed E-state index contributed by atoms with van der Waals surface area (Å²) >= 11 is 2.22. The van der Waals surface area contributed by atoms with Crippen LogP contribution in [0.5, 0.6) is 0 Å². The Morgan fingerprint density at radius 2 is 1.77 bits per heavy atom. The summed E-state index contributed by atoms with van der Waals surface area (Å²) in [5, 5.41) is 9.47. The van der Waals surface area contributed by atoms with Crippen LogP contribution in [0.2, 0.25) is 0 Å². The Balaban J connectivity index is 1.88. The number of hydrogen-bond donors (Lipinski definition) is 2. The van der Waals surface area contributed by atoms with Crippen LogP contribution in [-0.2, 0) is 14.4 Å². The summed E-state index contributed by atoms with van der Waals surface area (Å²) in [4.78, 5) is 28.1. The van der Waals surface area contributed by atoms with E-state index in [4.69, 9.17) is 4.84 Å². The summed E-state index contributed by atoms with van der Waals surface area (Å²) in [5.41, 5.74) is 3.94. The molecule has 0 bridgehead atoms. The fraction of sp³-hybridized carbons (Fsp3) is 0.211. The van der Waals surface area contributed by atoms with E-state index in [0.29, 0.717) is 11.4 Å². The molecular formula is C19H20IN3O3. The van der Waals surface area contributed by atoms with Gasteiger partial charge >= 0.3 is 0 Å². The highest BCUT2D eigenvalue weighted by molar-refractivity contribution is 14.1. The zero-order valence-electron chi connectivity index (χ0n) is 14.8. The zero-order chi connectivity index (χ0) is 19.1. The van der Waals surface area contributed by atoms with Gasteiger partial charge in [0.2, 0.25) is 5.91 Å². The molecule has 0 aliphatic carbocycles. The van der Waals surface area contributed by atoms with Gasteiger partial charge in [0.1, 0.15) is 0 Å². The van der Waals surface area contributed by atoms with E-state index in [1.54, 1.807) is 19.1 Å². The minimum absolute atomic E-state index is 0.124. The summed E-state index contributed by atoms with van der Waals surface area (Å²) in [7, 11) is 0. The van der Waals surface area contributed by atoms with Gasteiger partial charge in [-0.2, -0.15) is 0 Å². The van der Waals surface area contributed by atoms with Crippen molar-refractivity contribution >= 4 is 51.5 Å². The Hall–Kier alpha value is -2.42. The van der Waals surface area contributed by atoms with Crippen LogP contribution in [0.25, 0.3) is 0 Å². The SMILES string of the molecule is CC(=O)Nc1ccc(/C(C)=N/OCC(=O)Nc2ccc(I)cc2C)cc1. The first-order chi connectivity index (χ1) is 12.3. The number of oxime groups is 1. The van der Waals surface area contributed by atoms with Gasteiger partial charge in [-0.3, -0.25) is 9.59 Å². The fourth-order valence-electron chi connectivity index (χ4n) is 2.19. The molecule has 0 fully saturated rings. The van der Waals surface area contributed by atoms with Gasteiger partial charge in [-0.15, -0.1) is 0 Å². The van der Waals surface area contributed by atoms with Gasteiger partial charge in [0, 0.05) is 21.9 Å². The first-order valence-electron chi connectivity index (χ1n) is 7.96. The highest BCUT2D eigenvalue weighted by atomic mass is 127. The monoisotopic (exact) mass is 465 g/mol. The molecule has 2 amide bonds. The molecule has 2 aromatic carbocycles. The maximum atomic E-state index is 12.0. The number of amides is 2. The number of nitrogens with zero attached hydrogens (tertiary/aromatic N) is 1. The van der Waals surface area contributed by atoms with Gasteiger partial charge in [-0.1, -0.05) is 17.3 Å². The van der Waals surface area contributed by atoms with E-state index in [1.807, 2.05) is 37.3 Å². The minimum Gasteiger partial charge on any atom is -0.385 e. The molecule has 0 saturated carbocycles.